The highest BCUT2D eigenvalue weighted by atomic mass is 16.6. The minimum atomic E-state index is -0.447. The largest absolute Gasteiger partial charge is 0.444 e. The number of amides is 1. The van der Waals surface area contributed by atoms with Crippen LogP contribution in [0.1, 0.15) is 45.8 Å². The van der Waals surface area contributed by atoms with Gasteiger partial charge in [-0.25, -0.2) is 9.78 Å². The summed E-state index contributed by atoms with van der Waals surface area (Å²) in [4.78, 5) is 17.9. The third kappa shape index (κ3) is 4.74. The van der Waals surface area contributed by atoms with Crippen molar-refractivity contribution in [2.45, 2.75) is 58.7 Å². The van der Waals surface area contributed by atoms with Gasteiger partial charge in [-0.3, -0.25) is 0 Å². The maximum atomic E-state index is 12.0. The molecule has 1 aliphatic rings. The van der Waals surface area contributed by atoms with E-state index in [0.29, 0.717) is 19.0 Å². The molecule has 0 radical (unpaired) electrons. The van der Waals surface area contributed by atoms with Gasteiger partial charge in [0.15, 0.2) is 0 Å². The van der Waals surface area contributed by atoms with Gasteiger partial charge in [0.25, 0.3) is 0 Å². The Morgan fingerprint density at radius 3 is 2.95 bits per heavy atom. The molecule has 118 valence electrons. The van der Waals surface area contributed by atoms with E-state index in [1.165, 1.54) is 0 Å². The molecule has 0 spiro atoms. The fourth-order valence-corrected chi connectivity index (χ4v) is 2.24. The van der Waals surface area contributed by atoms with Gasteiger partial charge in [0.2, 0.25) is 5.89 Å². The van der Waals surface area contributed by atoms with Crippen LogP contribution < -0.4 is 5.32 Å². The van der Waals surface area contributed by atoms with Gasteiger partial charge < -0.3 is 19.4 Å². The van der Waals surface area contributed by atoms with E-state index in [4.69, 9.17) is 9.15 Å². The SMILES string of the molecule is CCc1cnc(CN[C@@H]2CCN(C(=O)OC(C)(C)C)C2)o1. The van der Waals surface area contributed by atoms with Crippen LogP contribution in [-0.4, -0.2) is 40.7 Å². The van der Waals surface area contributed by atoms with Crippen LogP contribution in [0.25, 0.3) is 0 Å². The zero-order valence-corrected chi connectivity index (χ0v) is 13.3. The molecular weight excluding hydrogens is 270 g/mol. The molecule has 6 heteroatoms. The number of aryl methyl sites for hydroxylation is 1. The van der Waals surface area contributed by atoms with Crippen LogP contribution in [0.15, 0.2) is 10.6 Å². The number of hydrogen-bond donors (Lipinski definition) is 1. The number of oxazole rings is 1. The van der Waals surface area contributed by atoms with Crippen molar-refractivity contribution in [1.29, 1.82) is 0 Å². The zero-order chi connectivity index (χ0) is 15.5. The number of carbonyl (C=O) groups is 1. The number of likely N-dealkylation sites (tertiary alicyclic amines) is 1. The van der Waals surface area contributed by atoms with Gasteiger partial charge in [-0.1, -0.05) is 6.92 Å². The fraction of sp³-hybridized carbons (Fsp3) is 0.733. The van der Waals surface area contributed by atoms with Crippen molar-refractivity contribution in [2.75, 3.05) is 13.1 Å². The molecule has 1 atom stereocenters. The fourth-order valence-electron chi connectivity index (χ4n) is 2.24. The number of aromatic nitrogens is 1. The summed E-state index contributed by atoms with van der Waals surface area (Å²) in [6.45, 7) is 9.65. The number of hydrogen-bond acceptors (Lipinski definition) is 5. The van der Waals surface area contributed by atoms with Crippen LogP contribution >= 0.6 is 0 Å². The quantitative estimate of drug-likeness (QED) is 0.923. The van der Waals surface area contributed by atoms with E-state index in [1.807, 2.05) is 27.7 Å². The third-order valence-electron chi connectivity index (χ3n) is 3.33. The summed E-state index contributed by atoms with van der Waals surface area (Å²) in [6.07, 6.45) is 3.29. The van der Waals surface area contributed by atoms with Gasteiger partial charge in [0.1, 0.15) is 11.4 Å². The van der Waals surface area contributed by atoms with Gasteiger partial charge >= 0.3 is 6.09 Å². The topological polar surface area (TPSA) is 67.6 Å². The van der Waals surface area contributed by atoms with E-state index in [2.05, 4.69) is 10.3 Å². The van der Waals surface area contributed by atoms with Gasteiger partial charge in [-0.2, -0.15) is 0 Å². The van der Waals surface area contributed by atoms with Crippen LogP contribution in [0.5, 0.6) is 0 Å². The van der Waals surface area contributed by atoms with E-state index in [9.17, 15) is 4.79 Å². The lowest BCUT2D eigenvalue weighted by atomic mass is 10.2. The Morgan fingerprint density at radius 2 is 2.33 bits per heavy atom. The number of rotatable bonds is 4. The summed E-state index contributed by atoms with van der Waals surface area (Å²) in [7, 11) is 0. The lowest BCUT2D eigenvalue weighted by Gasteiger charge is -2.24. The Bertz CT molecular complexity index is 479. The summed E-state index contributed by atoms with van der Waals surface area (Å²) >= 11 is 0. The molecule has 1 aliphatic heterocycles. The second-order valence-corrected chi connectivity index (χ2v) is 6.37. The Morgan fingerprint density at radius 1 is 1.57 bits per heavy atom. The Kier molecular flexibility index (Phi) is 4.88. The molecule has 1 N–H and O–H groups in total. The van der Waals surface area contributed by atoms with Crippen molar-refractivity contribution in [1.82, 2.24) is 15.2 Å². The minimum absolute atomic E-state index is 0.240. The molecule has 1 aromatic rings. The van der Waals surface area contributed by atoms with Gasteiger partial charge in [0, 0.05) is 25.6 Å². The molecule has 1 saturated heterocycles. The van der Waals surface area contributed by atoms with Crippen LogP contribution in [0, 0.1) is 0 Å². The van der Waals surface area contributed by atoms with Gasteiger partial charge in [-0.05, 0) is 27.2 Å². The van der Waals surface area contributed by atoms with E-state index < -0.39 is 5.60 Å². The normalized spacial score (nSPS) is 19.0. The first-order valence-corrected chi connectivity index (χ1v) is 7.52. The Balaban J connectivity index is 1.76. The first-order valence-electron chi connectivity index (χ1n) is 7.52. The van der Waals surface area contributed by atoms with Crippen LogP contribution in [-0.2, 0) is 17.7 Å². The maximum Gasteiger partial charge on any atom is 0.410 e. The van der Waals surface area contributed by atoms with Gasteiger partial charge in [-0.15, -0.1) is 0 Å². The van der Waals surface area contributed by atoms with Crippen LogP contribution in [0.4, 0.5) is 4.79 Å². The second-order valence-electron chi connectivity index (χ2n) is 6.37. The first kappa shape index (κ1) is 15.8. The van der Waals surface area contributed by atoms with Gasteiger partial charge in [0.05, 0.1) is 12.7 Å². The average molecular weight is 295 g/mol. The Labute approximate surface area is 125 Å². The molecule has 0 bridgehead atoms. The smallest absolute Gasteiger partial charge is 0.410 e. The van der Waals surface area contributed by atoms with E-state index in [1.54, 1.807) is 11.1 Å². The summed E-state index contributed by atoms with van der Waals surface area (Å²) < 4.78 is 10.9. The van der Waals surface area contributed by atoms with E-state index in [0.717, 1.165) is 25.1 Å². The monoisotopic (exact) mass is 295 g/mol. The molecule has 2 heterocycles. The predicted octanol–water partition coefficient (Wildman–Crippen LogP) is 2.34. The number of nitrogens with one attached hydrogen (secondary N) is 1. The van der Waals surface area contributed by atoms with Crippen molar-refractivity contribution in [3.05, 3.63) is 17.8 Å². The Hall–Kier alpha value is -1.56. The summed E-state index contributed by atoms with van der Waals surface area (Å²) in [5.74, 6) is 1.59. The standard InChI is InChI=1S/C15H25N3O3/c1-5-12-8-17-13(20-12)9-16-11-6-7-18(10-11)14(19)21-15(2,3)4/h8,11,16H,5-7,9-10H2,1-4H3/t11-/m1/s1. The van der Waals surface area contributed by atoms with Crippen molar-refractivity contribution in [3.63, 3.8) is 0 Å². The van der Waals surface area contributed by atoms with Crippen molar-refractivity contribution >= 4 is 6.09 Å². The molecule has 1 amide bonds. The molecule has 0 unspecified atom stereocenters. The molecule has 0 aliphatic carbocycles. The highest BCUT2D eigenvalue weighted by molar-refractivity contribution is 5.68. The lowest BCUT2D eigenvalue weighted by Crippen LogP contribution is -2.38. The number of carbonyl (C=O) groups excluding carboxylic acids is 1. The van der Waals surface area contributed by atoms with Crippen molar-refractivity contribution in [3.8, 4) is 0 Å². The predicted molar refractivity (Wildman–Crippen MR) is 78.9 cm³/mol. The molecule has 6 nitrogen and oxygen atoms in total. The maximum absolute atomic E-state index is 12.0. The average Bonchev–Trinajstić information content (AvgIpc) is 3.03. The summed E-state index contributed by atoms with van der Waals surface area (Å²) in [5.41, 5.74) is -0.447. The zero-order valence-electron chi connectivity index (χ0n) is 13.3. The molecular formula is C15H25N3O3. The van der Waals surface area contributed by atoms with Crippen molar-refractivity contribution < 1.29 is 13.9 Å². The van der Waals surface area contributed by atoms with Crippen LogP contribution in [0.2, 0.25) is 0 Å². The first-order chi connectivity index (χ1) is 9.87. The number of ether oxygens (including phenoxy) is 1. The minimum Gasteiger partial charge on any atom is -0.444 e. The molecule has 0 aromatic carbocycles. The van der Waals surface area contributed by atoms with Crippen molar-refractivity contribution in [2.24, 2.45) is 0 Å². The molecule has 0 saturated carbocycles. The highest BCUT2D eigenvalue weighted by Gasteiger charge is 2.29. The molecule has 1 aromatic heterocycles. The third-order valence-corrected chi connectivity index (χ3v) is 3.33. The molecule has 21 heavy (non-hydrogen) atoms. The van der Waals surface area contributed by atoms with E-state index >= 15 is 0 Å². The molecule has 1 fully saturated rings. The summed E-state index contributed by atoms with van der Waals surface area (Å²) in [5, 5.41) is 3.38. The molecule has 2 rings (SSSR count). The number of nitrogens with zero attached hydrogens (tertiary/aromatic N) is 2. The van der Waals surface area contributed by atoms with E-state index in [-0.39, 0.29) is 12.1 Å². The van der Waals surface area contributed by atoms with Crippen LogP contribution in [0.3, 0.4) is 0 Å². The summed E-state index contributed by atoms with van der Waals surface area (Å²) in [6, 6.07) is 0.259. The lowest BCUT2D eigenvalue weighted by molar-refractivity contribution is 0.0291. The second kappa shape index (κ2) is 6.47. The highest BCUT2D eigenvalue weighted by Crippen LogP contribution is 2.15.